The first kappa shape index (κ1) is 20.3. The van der Waals surface area contributed by atoms with E-state index in [1.807, 2.05) is 13.0 Å². The summed E-state index contributed by atoms with van der Waals surface area (Å²) in [5, 5.41) is 5.45. The smallest absolute Gasteiger partial charge is 0.272 e. The van der Waals surface area contributed by atoms with Crippen molar-refractivity contribution in [1.82, 2.24) is 5.32 Å². The van der Waals surface area contributed by atoms with Gasteiger partial charge in [0.25, 0.3) is 10.0 Å². The maximum absolute atomic E-state index is 13.2. The minimum atomic E-state index is -3.75. The molecule has 154 valence electrons. The highest BCUT2D eigenvalue weighted by Gasteiger charge is 2.23. The van der Waals surface area contributed by atoms with Gasteiger partial charge in [-0.3, -0.25) is 4.72 Å². The Hall–Kier alpha value is -2.00. The normalized spacial score (nSPS) is 14.9. The Morgan fingerprint density at radius 2 is 1.90 bits per heavy atom. The number of hydrogen-bond acceptors (Lipinski definition) is 6. The SMILES string of the molecule is COc1ccc(NS(=O)(=O)c2sc(C)c3cc(Cl)ccc23)cc1N1CCNCC1. The lowest BCUT2D eigenvalue weighted by Crippen LogP contribution is -2.43. The first-order valence-electron chi connectivity index (χ1n) is 9.24. The van der Waals surface area contributed by atoms with Crippen LogP contribution in [-0.2, 0) is 10.0 Å². The molecule has 0 atom stereocenters. The van der Waals surface area contributed by atoms with E-state index in [1.54, 1.807) is 37.4 Å². The summed E-state index contributed by atoms with van der Waals surface area (Å²) in [6, 6.07) is 10.6. The van der Waals surface area contributed by atoms with Gasteiger partial charge in [0.05, 0.1) is 18.5 Å². The van der Waals surface area contributed by atoms with Crippen LogP contribution in [0.25, 0.3) is 10.8 Å². The van der Waals surface area contributed by atoms with E-state index in [9.17, 15) is 8.42 Å². The summed E-state index contributed by atoms with van der Waals surface area (Å²) >= 11 is 7.33. The van der Waals surface area contributed by atoms with Crippen molar-refractivity contribution in [1.29, 1.82) is 0 Å². The zero-order chi connectivity index (χ0) is 20.6. The van der Waals surface area contributed by atoms with Crippen molar-refractivity contribution in [3.8, 4) is 5.75 Å². The van der Waals surface area contributed by atoms with E-state index in [0.717, 1.165) is 47.9 Å². The molecule has 1 aromatic heterocycles. The molecule has 3 aromatic rings. The Labute approximate surface area is 179 Å². The van der Waals surface area contributed by atoms with E-state index in [-0.39, 0.29) is 0 Å². The number of nitrogens with zero attached hydrogens (tertiary/aromatic N) is 1. The molecule has 6 nitrogen and oxygen atoms in total. The minimum Gasteiger partial charge on any atom is -0.495 e. The molecule has 1 aliphatic rings. The molecule has 4 rings (SSSR count). The number of sulfonamides is 1. The zero-order valence-corrected chi connectivity index (χ0v) is 18.5. The molecule has 2 aromatic carbocycles. The van der Waals surface area contributed by atoms with Crippen LogP contribution in [0.15, 0.2) is 40.6 Å². The number of aryl methyl sites for hydroxylation is 1. The monoisotopic (exact) mass is 451 g/mol. The van der Waals surface area contributed by atoms with Crippen molar-refractivity contribution in [2.45, 2.75) is 11.1 Å². The molecule has 29 heavy (non-hydrogen) atoms. The van der Waals surface area contributed by atoms with Gasteiger partial charge < -0.3 is 15.0 Å². The van der Waals surface area contributed by atoms with Crippen molar-refractivity contribution in [3.05, 3.63) is 46.3 Å². The van der Waals surface area contributed by atoms with Gasteiger partial charge in [-0.2, -0.15) is 0 Å². The summed E-state index contributed by atoms with van der Waals surface area (Å²) < 4.78 is 34.9. The van der Waals surface area contributed by atoms with Crippen LogP contribution in [0.3, 0.4) is 0 Å². The third-order valence-electron chi connectivity index (χ3n) is 4.96. The number of benzene rings is 2. The van der Waals surface area contributed by atoms with Crippen LogP contribution in [-0.4, -0.2) is 41.7 Å². The Bertz CT molecular complexity index is 1160. The molecule has 0 spiro atoms. The first-order chi connectivity index (χ1) is 13.9. The van der Waals surface area contributed by atoms with Crippen molar-refractivity contribution < 1.29 is 13.2 Å². The van der Waals surface area contributed by atoms with Gasteiger partial charge in [0.1, 0.15) is 9.96 Å². The fourth-order valence-corrected chi connectivity index (χ4v) is 6.50. The predicted molar refractivity (Wildman–Crippen MR) is 120 cm³/mol. The Morgan fingerprint density at radius 1 is 1.14 bits per heavy atom. The molecular weight excluding hydrogens is 430 g/mol. The second-order valence-corrected chi connectivity index (χ2v) is 10.4. The van der Waals surface area contributed by atoms with Crippen LogP contribution in [0.5, 0.6) is 5.75 Å². The first-order valence-corrected chi connectivity index (χ1v) is 11.9. The van der Waals surface area contributed by atoms with E-state index in [2.05, 4.69) is 14.9 Å². The molecule has 0 amide bonds. The molecule has 1 fully saturated rings. The third-order valence-corrected chi connectivity index (χ3v) is 8.25. The number of ether oxygens (including phenoxy) is 1. The average Bonchev–Trinajstić information content (AvgIpc) is 3.05. The van der Waals surface area contributed by atoms with Crippen molar-refractivity contribution in [3.63, 3.8) is 0 Å². The highest BCUT2D eigenvalue weighted by molar-refractivity contribution is 7.95. The molecule has 0 radical (unpaired) electrons. The number of thiophene rings is 1. The topological polar surface area (TPSA) is 70.7 Å². The maximum Gasteiger partial charge on any atom is 0.272 e. The number of methoxy groups -OCH3 is 1. The number of anilines is 2. The summed E-state index contributed by atoms with van der Waals surface area (Å²) in [6.07, 6.45) is 0. The van der Waals surface area contributed by atoms with Gasteiger partial charge in [-0.25, -0.2) is 8.42 Å². The number of halogens is 1. The molecule has 1 saturated heterocycles. The second-order valence-electron chi connectivity index (χ2n) is 6.86. The predicted octanol–water partition coefficient (Wildman–Crippen LogP) is 4.08. The van der Waals surface area contributed by atoms with Gasteiger partial charge in [0, 0.05) is 41.5 Å². The van der Waals surface area contributed by atoms with Gasteiger partial charge in [0.15, 0.2) is 0 Å². The number of hydrogen-bond donors (Lipinski definition) is 2. The fourth-order valence-electron chi connectivity index (χ4n) is 3.54. The van der Waals surface area contributed by atoms with E-state index < -0.39 is 10.0 Å². The maximum atomic E-state index is 13.2. The molecule has 0 aliphatic carbocycles. The Balaban J connectivity index is 1.70. The Morgan fingerprint density at radius 3 is 2.62 bits per heavy atom. The lowest BCUT2D eigenvalue weighted by atomic mass is 10.2. The number of fused-ring (bicyclic) bond motifs is 1. The summed E-state index contributed by atoms with van der Waals surface area (Å²) in [5.74, 6) is 0.724. The number of rotatable bonds is 5. The fraction of sp³-hybridized carbons (Fsp3) is 0.300. The summed E-state index contributed by atoms with van der Waals surface area (Å²) in [4.78, 5) is 3.11. The lowest BCUT2D eigenvalue weighted by molar-refractivity contribution is 0.413. The molecular formula is C20H22ClN3O3S2. The third kappa shape index (κ3) is 4.02. The van der Waals surface area contributed by atoms with Crippen LogP contribution >= 0.6 is 22.9 Å². The van der Waals surface area contributed by atoms with Crippen LogP contribution in [0, 0.1) is 6.92 Å². The van der Waals surface area contributed by atoms with Crippen molar-refractivity contribution in [2.24, 2.45) is 0 Å². The van der Waals surface area contributed by atoms with E-state index in [4.69, 9.17) is 16.3 Å². The van der Waals surface area contributed by atoms with Crippen LogP contribution < -0.4 is 19.7 Å². The number of piperazine rings is 1. The largest absolute Gasteiger partial charge is 0.495 e. The quantitative estimate of drug-likeness (QED) is 0.611. The molecule has 2 N–H and O–H groups in total. The zero-order valence-electron chi connectivity index (χ0n) is 16.2. The molecule has 2 heterocycles. The van der Waals surface area contributed by atoms with Crippen molar-refractivity contribution >= 4 is 55.1 Å². The standard InChI is InChI=1S/C20H22ClN3O3S2/c1-13-17-11-14(21)3-5-16(17)20(28-13)29(25,26)23-15-4-6-19(27-2)18(12-15)24-9-7-22-8-10-24/h3-6,11-12,22-23H,7-10H2,1-2H3. The van der Waals surface area contributed by atoms with E-state index >= 15 is 0 Å². The van der Waals surface area contributed by atoms with Crippen LogP contribution in [0.1, 0.15) is 4.88 Å². The summed E-state index contributed by atoms with van der Waals surface area (Å²) in [6.45, 7) is 5.33. The molecule has 0 unspecified atom stereocenters. The van der Waals surface area contributed by atoms with Gasteiger partial charge >= 0.3 is 0 Å². The second kappa shape index (κ2) is 8.02. The molecule has 0 saturated carbocycles. The number of nitrogens with one attached hydrogen (secondary N) is 2. The van der Waals surface area contributed by atoms with Crippen molar-refractivity contribution in [2.75, 3.05) is 42.9 Å². The van der Waals surface area contributed by atoms with Gasteiger partial charge in [-0.05, 0) is 42.6 Å². The summed E-state index contributed by atoms with van der Waals surface area (Å²) in [5.41, 5.74) is 1.39. The van der Waals surface area contributed by atoms with E-state index in [0.29, 0.717) is 20.3 Å². The Kier molecular flexibility index (Phi) is 5.61. The van der Waals surface area contributed by atoms with Gasteiger partial charge in [0.2, 0.25) is 0 Å². The van der Waals surface area contributed by atoms with Gasteiger partial charge in [-0.15, -0.1) is 11.3 Å². The van der Waals surface area contributed by atoms with Crippen LogP contribution in [0.2, 0.25) is 5.02 Å². The summed E-state index contributed by atoms with van der Waals surface area (Å²) in [7, 11) is -2.12. The molecule has 9 heteroatoms. The highest BCUT2D eigenvalue weighted by Crippen LogP contribution is 2.37. The lowest BCUT2D eigenvalue weighted by Gasteiger charge is -2.30. The minimum absolute atomic E-state index is 0.293. The van der Waals surface area contributed by atoms with E-state index in [1.165, 1.54) is 11.3 Å². The molecule has 1 aliphatic heterocycles. The van der Waals surface area contributed by atoms with Crippen LogP contribution in [0.4, 0.5) is 11.4 Å². The average molecular weight is 452 g/mol. The highest BCUT2D eigenvalue weighted by atomic mass is 35.5. The van der Waals surface area contributed by atoms with Gasteiger partial charge in [-0.1, -0.05) is 17.7 Å². The molecule has 0 bridgehead atoms.